The lowest BCUT2D eigenvalue weighted by Crippen LogP contribution is -1.94. The summed E-state index contributed by atoms with van der Waals surface area (Å²) in [4.78, 5) is 0. The largest absolute Gasteiger partial charge is 0.207 e. The minimum Gasteiger partial charge on any atom is -0.207 e. The van der Waals surface area contributed by atoms with Crippen LogP contribution in [0.15, 0.2) is 24.3 Å². The van der Waals surface area contributed by atoms with Gasteiger partial charge in [0.15, 0.2) is 0 Å². The topological polar surface area (TPSA) is 0 Å². The van der Waals surface area contributed by atoms with Gasteiger partial charge < -0.3 is 0 Å². The zero-order chi connectivity index (χ0) is 9.26. The summed E-state index contributed by atoms with van der Waals surface area (Å²) in [7, 11) is 0. The molecule has 0 spiro atoms. The summed E-state index contributed by atoms with van der Waals surface area (Å²) in [5.74, 6) is 0.328. The Hall–Kier alpha value is -0.560. The number of hydrogen-bond acceptors (Lipinski definition) is 0. The molecule has 2 unspecified atom stereocenters. The molecule has 1 aromatic rings. The SMILES string of the molecule is Fc1cccc(C2CCC(Cl)C2)c1. The van der Waals surface area contributed by atoms with Crippen LogP contribution in [0.3, 0.4) is 0 Å². The predicted molar refractivity (Wildman–Crippen MR) is 52.6 cm³/mol. The van der Waals surface area contributed by atoms with Gasteiger partial charge >= 0.3 is 0 Å². The van der Waals surface area contributed by atoms with Gasteiger partial charge in [0.2, 0.25) is 0 Å². The Kier molecular flexibility index (Phi) is 2.54. The Labute approximate surface area is 82.7 Å². The lowest BCUT2D eigenvalue weighted by molar-refractivity contribution is 0.619. The maximum atomic E-state index is 12.9. The molecule has 0 amide bonds. The molecule has 0 aliphatic heterocycles. The van der Waals surface area contributed by atoms with E-state index in [0.717, 1.165) is 24.8 Å². The van der Waals surface area contributed by atoms with Crippen LogP contribution >= 0.6 is 11.6 Å². The van der Waals surface area contributed by atoms with Gasteiger partial charge in [0.25, 0.3) is 0 Å². The average molecular weight is 199 g/mol. The van der Waals surface area contributed by atoms with Crippen molar-refractivity contribution in [3.8, 4) is 0 Å². The van der Waals surface area contributed by atoms with Gasteiger partial charge in [-0.25, -0.2) is 4.39 Å². The number of alkyl halides is 1. The summed E-state index contributed by atoms with van der Waals surface area (Å²) in [6, 6.07) is 6.87. The molecule has 0 heterocycles. The monoisotopic (exact) mass is 198 g/mol. The van der Waals surface area contributed by atoms with Crippen molar-refractivity contribution >= 4 is 11.6 Å². The van der Waals surface area contributed by atoms with Gasteiger partial charge in [-0.05, 0) is 42.9 Å². The Bertz CT molecular complexity index is 298. The van der Waals surface area contributed by atoms with Crippen molar-refractivity contribution in [2.45, 2.75) is 30.6 Å². The third-order valence-electron chi connectivity index (χ3n) is 2.69. The molecule has 13 heavy (non-hydrogen) atoms. The summed E-state index contributed by atoms with van der Waals surface area (Å²) in [5, 5.41) is 0.285. The van der Waals surface area contributed by atoms with Crippen molar-refractivity contribution < 1.29 is 4.39 Å². The molecule has 0 N–H and O–H groups in total. The standard InChI is InChI=1S/C11H12ClF/c12-10-5-4-9(6-10)8-2-1-3-11(13)7-8/h1-3,7,9-10H,4-6H2. The Morgan fingerprint density at radius 1 is 1.31 bits per heavy atom. The van der Waals surface area contributed by atoms with Crippen molar-refractivity contribution in [1.29, 1.82) is 0 Å². The number of halogens is 2. The molecule has 2 rings (SSSR count). The highest BCUT2D eigenvalue weighted by Gasteiger charge is 2.24. The van der Waals surface area contributed by atoms with Crippen LogP contribution in [0, 0.1) is 5.82 Å². The summed E-state index contributed by atoms with van der Waals surface area (Å²) >= 11 is 6.00. The van der Waals surface area contributed by atoms with Crippen molar-refractivity contribution in [2.75, 3.05) is 0 Å². The quantitative estimate of drug-likeness (QED) is 0.604. The Morgan fingerprint density at radius 3 is 2.77 bits per heavy atom. The van der Waals surface area contributed by atoms with Crippen LogP contribution < -0.4 is 0 Å². The zero-order valence-corrected chi connectivity index (χ0v) is 8.10. The van der Waals surface area contributed by atoms with Crippen molar-refractivity contribution in [3.05, 3.63) is 35.6 Å². The number of benzene rings is 1. The maximum Gasteiger partial charge on any atom is 0.123 e. The second kappa shape index (κ2) is 3.67. The van der Waals surface area contributed by atoms with Crippen molar-refractivity contribution in [2.24, 2.45) is 0 Å². The Morgan fingerprint density at radius 2 is 2.15 bits per heavy atom. The molecule has 1 aromatic carbocycles. The molecular weight excluding hydrogens is 187 g/mol. The molecular formula is C11H12ClF. The highest BCUT2D eigenvalue weighted by Crippen LogP contribution is 2.36. The first kappa shape index (κ1) is 9.01. The molecule has 0 aromatic heterocycles. The van der Waals surface area contributed by atoms with Crippen molar-refractivity contribution in [3.63, 3.8) is 0 Å². The number of rotatable bonds is 1. The first-order valence-electron chi connectivity index (χ1n) is 4.65. The first-order valence-corrected chi connectivity index (χ1v) is 5.09. The smallest absolute Gasteiger partial charge is 0.123 e. The average Bonchev–Trinajstić information content (AvgIpc) is 2.52. The minimum absolute atomic E-state index is 0.143. The van der Waals surface area contributed by atoms with Crippen LogP contribution in [0.25, 0.3) is 0 Å². The molecule has 70 valence electrons. The third kappa shape index (κ3) is 2.02. The molecule has 2 atom stereocenters. The van der Waals surface area contributed by atoms with Gasteiger partial charge in [-0.15, -0.1) is 11.6 Å². The summed E-state index contributed by atoms with van der Waals surface area (Å²) < 4.78 is 12.9. The molecule has 0 radical (unpaired) electrons. The molecule has 0 saturated heterocycles. The molecule has 0 nitrogen and oxygen atoms in total. The van der Waals surface area contributed by atoms with E-state index in [1.165, 1.54) is 6.07 Å². The van der Waals surface area contributed by atoms with E-state index < -0.39 is 0 Å². The summed E-state index contributed by atoms with van der Waals surface area (Å²) in [6.45, 7) is 0. The molecule has 1 fully saturated rings. The summed E-state index contributed by atoms with van der Waals surface area (Å²) in [6.07, 6.45) is 3.14. The van der Waals surface area contributed by atoms with Crippen LogP contribution in [0.1, 0.15) is 30.7 Å². The van der Waals surface area contributed by atoms with Crippen LogP contribution in [-0.2, 0) is 0 Å². The van der Waals surface area contributed by atoms with E-state index in [1.54, 1.807) is 12.1 Å². The van der Waals surface area contributed by atoms with Crippen LogP contribution in [0.2, 0.25) is 0 Å². The van der Waals surface area contributed by atoms with E-state index in [9.17, 15) is 4.39 Å². The van der Waals surface area contributed by atoms with Crippen LogP contribution in [-0.4, -0.2) is 5.38 Å². The van der Waals surface area contributed by atoms with E-state index in [-0.39, 0.29) is 11.2 Å². The third-order valence-corrected chi connectivity index (χ3v) is 3.09. The van der Waals surface area contributed by atoms with Gasteiger partial charge in [-0.3, -0.25) is 0 Å². The van der Waals surface area contributed by atoms with Gasteiger partial charge in [0.1, 0.15) is 5.82 Å². The van der Waals surface area contributed by atoms with Gasteiger partial charge in [-0.2, -0.15) is 0 Å². The van der Waals surface area contributed by atoms with Gasteiger partial charge in [-0.1, -0.05) is 12.1 Å². The van der Waals surface area contributed by atoms with E-state index >= 15 is 0 Å². The zero-order valence-electron chi connectivity index (χ0n) is 7.34. The second-order valence-corrected chi connectivity index (χ2v) is 4.28. The fourth-order valence-electron chi connectivity index (χ4n) is 1.99. The van der Waals surface area contributed by atoms with E-state index in [4.69, 9.17) is 11.6 Å². The lowest BCUT2D eigenvalue weighted by Gasteiger charge is -2.08. The molecule has 1 aliphatic rings. The minimum atomic E-state index is -0.143. The highest BCUT2D eigenvalue weighted by atomic mass is 35.5. The lowest BCUT2D eigenvalue weighted by atomic mass is 9.98. The second-order valence-electron chi connectivity index (χ2n) is 3.66. The van der Waals surface area contributed by atoms with Gasteiger partial charge in [0.05, 0.1) is 0 Å². The van der Waals surface area contributed by atoms with Crippen LogP contribution in [0.4, 0.5) is 4.39 Å². The molecule has 1 saturated carbocycles. The van der Waals surface area contributed by atoms with Crippen LogP contribution in [0.5, 0.6) is 0 Å². The first-order chi connectivity index (χ1) is 6.25. The van der Waals surface area contributed by atoms with E-state index in [1.807, 2.05) is 6.07 Å². The molecule has 0 bridgehead atoms. The predicted octanol–water partition coefficient (Wildman–Crippen LogP) is 3.70. The fraction of sp³-hybridized carbons (Fsp3) is 0.455. The normalized spacial score (nSPS) is 27.8. The van der Waals surface area contributed by atoms with Gasteiger partial charge in [0, 0.05) is 5.38 Å². The maximum absolute atomic E-state index is 12.9. The fourth-order valence-corrected chi connectivity index (χ4v) is 2.33. The Balaban J connectivity index is 2.16. The van der Waals surface area contributed by atoms with Crippen molar-refractivity contribution in [1.82, 2.24) is 0 Å². The number of hydrogen-bond donors (Lipinski definition) is 0. The van der Waals surface area contributed by atoms with E-state index in [2.05, 4.69) is 0 Å². The highest BCUT2D eigenvalue weighted by molar-refractivity contribution is 6.20. The summed E-state index contributed by atoms with van der Waals surface area (Å²) in [5.41, 5.74) is 1.10. The molecule has 1 aliphatic carbocycles. The molecule has 2 heteroatoms. The van der Waals surface area contributed by atoms with E-state index in [0.29, 0.717) is 5.92 Å².